The van der Waals surface area contributed by atoms with Crippen LogP contribution in [0.2, 0.25) is 0 Å². The van der Waals surface area contributed by atoms with Gasteiger partial charge in [-0.2, -0.15) is 0 Å². The molecule has 2 N–H and O–H groups in total. The molecule has 0 aliphatic heterocycles. The highest BCUT2D eigenvalue weighted by atomic mass is 16.5. The maximum atomic E-state index is 9.91. The minimum absolute atomic E-state index is 0.211. The van der Waals surface area contributed by atoms with Crippen molar-refractivity contribution in [2.75, 3.05) is 9.80 Å². The highest BCUT2D eigenvalue weighted by molar-refractivity contribution is 5.92. The fourth-order valence-corrected chi connectivity index (χ4v) is 6.59. The van der Waals surface area contributed by atoms with E-state index in [4.69, 9.17) is 4.74 Å². The number of benzene rings is 8. The van der Waals surface area contributed by atoms with Crippen LogP contribution in [0.3, 0.4) is 0 Å². The molecule has 5 nitrogen and oxygen atoms in total. The number of phenolic OH excluding ortho intramolecular Hbond substituents is 2. The molecule has 0 aliphatic rings. The van der Waals surface area contributed by atoms with Crippen LogP contribution in [0.4, 0.5) is 34.1 Å². The van der Waals surface area contributed by atoms with Crippen molar-refractivity contribution in [1.82, 2.24) is 0 Å². The highest BCUT2D eigenvalue weighted by Gasteiger charge is 2.15. The van der Waals surface area contributed by atoms with Gasteiger partial charge in [0, 0.05) is 34.1 Å². The Bertz CT molecular complexity index is 2380. The summed E-state index contributed by atoms with van der Waals surface area (Å²) >= 11 is 0. The number of para-hydroxylation sites is 3. The van der Waals surface area contributed by atoms with Crippen LogP contribution >= 0.6 is 0 Å². The zero-order chi connectivity index (χ0) is 37.4. The van der Waals surface area contributed by atoms with Crippen LogP contribution in [-0.2, 0) is 0 Å². The van der Waals surface area contributed by atoms with Gasteiger partial charge in [0.25, 0.3) is 0 Å². The van der Waals surface area contributed by atoms with Crippen LogP contribution in [0.25, 0.3) is 11.6 Å². The Morgan fingerprint density at radius 3 is 1.00 bits per heavy atom. The molecule has 0 aromatic heterocycles. The molecule has 0 unspecified atom stereocenters. The minimum atomic E-state index is 0.211. The Morgan fingerprint density at radius 2 is 0.655 bits per heavy atom. The van der Waals surface area contributed by atoms with Gasteiger partial charge in [0.05, 0.1) is 0 Å². The van der Waals surface area contributed by atoms with Crippen LogP contribution < -0.4 is 14.5 Å². The van der Waals surface area contributed by atoms with Gasteiger partial charge in [-0.1, -0.05) is 91.0 Å². The number of ether oxygens (including phenoxy) is 1. The second kappa shape index (κ2) is 16.0. The summed E-state index contributed by atoms with van der Waals surface area (Å²) in [5.41, 5.74) is 10.1. The van der Waals surface area contributed by atoms with Crippen LogP contribution in [0, 0.1) is 0 Å². The van der Waals surface area contributed by atoms with Crippen molar-refractivity contribution in [2.45, 2.75) is 0 Å². The molecule has 0 saturated heterocycles. The first-order valence-corrected chi connectivity index (χ1v) is 18.1. The van der Waals surface area contributed by atoms with E-state index in [0.29, 0.717) is 0 Å². The molecule has 55 heavy (non-hydrogen) atoms. The Labute approximate surface area is 321 Å². The van der Waals surface area contributed by atoms with Crippen molar-refractivity contribution in [2.24, 2.45) is 0 Å². The van der Waals surface area contributed by atoms with E-state index in [1.165, 1.54) is 0 Å². The summed E-state index contributed by atoms with van der Waals surface area (Å²) in [4.78, 5) is 4.44. The quantitative estimate of drug-likeness (QED) is 0.131. The third-order valence-corrected chi connectivity index (χ3v) is 9.29. The largest absolute Gasteiger partial charge is 0.508 e. The van der Waals surface area contributed by atoms with E-state index in [1.54, 1.807) is 24.3 Å². The van der Waals surface area contributed by atoms with Crippen molar-refractivity contribution in [3.05, 3.63) is 229 Å². The fourth-order valence-electron chi connectivity index (χ4n) is 6.59. The fraction of sp³-hybridized carbons (Fsp3) is 0. The third-order valence-electron chi connectivity index (χ3n) is 9.29. The summed E-state index contributed by atoms with van der Waals surface area (Å²) < 4.78 is 6.34. The highest BCUT2D eigenvalue weighted by Crippen LogP contribution is 2.38. The lowest BCUT2D eigenvalue weighted by molar-refractivity contribution is 0.475. The number of anilines is 6. The van der Waals surface area contributed by atoms with E-state index in [0.717, 1.165) is 67.9 Å². The van der Waals surface area contributed by atoms with Gasteiger partial charge < -0.3 is 24.7 Å². The topological polar surface area (TPSA) is 56.2 Å². The molecule has 0 spiro atoms. The second-order valence-corrected chi connectivity index (χ2v) is 13.0. The average Bonchev–Trinajstić information content (AvgIpc) is 3.24. The first-order valence-electron chi connectivity index (χ1n) is 18.1. The van der Waals surface area contributed by atoms with Crippen molar-refractivity contribution < 1.29 is 14.9 Å². The SMILES string of the molecule is Oc1ccc(C(=Cc2ccc(N(c3ccccc3)c3ccc(Oc4ccc(N(c5ccccc5)c5ccccc5)cc4)cc3)cc2)c2ccc(O)cc2)cc1. The van der Waals surface area contributed by atoms with Crippen LogP contribution in [0.5, 0.6) is 23.0 Å². The van der Waals surface area contributed by atoms with Crippen molar-refractivity contribution in [3.8, 4) is 23.0 Å². The molecule has 0 heterocycles. The predicted octanol–water partition coefficient (Wildman–Crippen LogP) is 13.4. The Kier molecular flexibility index (Phi) is 10.1. The minimum Gasteiger partial charge on any atom is -0.508 e. The van der Waals surface area contributed by atoms with Gasteiger partial charge in [0.2, 0.25) is 0 Å². The van der Waals surface area contributed by atoms with E-state index in [2.05, 4.69) is 125 Å². The van der Waals surface area contributed by atoms with Gasteiger partial charge in [-0.05, 0) is 150 Å². The van der Waals surface area contributed by atoms with Crippen LogP contribution in [-0.4, -0.2) is 10.2 Å². The lowest BCUT2D eigenvalue weighted by Crippen LogP contribution is -2.09. The number of hydrogen-bond acceptors (Lipinski definition) is 5. The van der Waals surface area contributed by atoms with Gasteiger partial charge in [-0.3, -0.25) is 0 Å². The molecular formula is C50H38N2O3. The van der Waals surface area contributed by atoms with Crippen LogP contribution in [0.1, 0.15) is 16.7 Å². The first kappa shape index (κ1) is 34.6. The number of rotatable bonds is 11. The Hall–Kier alpha value is -7.50. The van der Waals surface area contributed by atoms with Gasteiger partial charge >= 0.3 is 0 Å². The standard InChI is InChI=1S/C50H38N2O3/c53-46-28-18-38(19-29-46)50(39-20-30-47(54)31-21-39)36-37-16-22-43(23-17-37)52(42-14-8-3-9-15-42)45-26-34-49(35-27-45)55-48-32-24-44(25-33-48)51(40-10-4-1-5-11-40)41-12-6-2-7-13-41/h1-36,53-54H. The van der Waals surface area contributed by atoms with E-state index < -0.39 is 0 Å². The summed E-state index contributed by atoms with van der Waals surface area (Å²) in [5, 5.41) is 19.8. The molecule has 266 valence electrons. The van der Waals surface area contributed by atoms with E-state index in [9.17, 15) is 10.2 Å². The zero-order valence-corrected chi connectivity index (χ0v) is 30.0. The molecule has 5 heteroatoms. The lowest BCUT2D eigenvalue weighted by atomic mass is 9.95. The van der Waals surface area contributed by atoms with Gasteiger partial charge in [0.15, 0.2) is 0 Å². The molecule has 0 bridgehead atoms. The number of nitrogens with zero attached hydrogens (tertiary/aromatic N) is 2. The van der Waals surface area contributed by atoms with E-state index >= 15 is 0 Å². The summed E-state index contributed by atoms with van der Waals surface area (Å²) in [7, 11) is 0. The summed E-state index contributed by atoms with van der Waals surface area (Å²) in [5.74, 6) is 1.91. The monoisotopic (exact) mass is 714 g/mol. The molecule has 0 aliphatic carbocycles. The maximum absolute atomic E-state index is 9.91. The molecule has 0 saturated carbocycles. The van der Waals surface area contributed by atoms with Gasteiger partial charge in [-0.15, -0.1) is 0 Å². The van der Waals surface area contributed by atoms with Crippen molar-refractivity contribution in [3.63, 3.8) is 0 Å². The zero-order valence-electron chi connectivity index (χ0n) is 30.0. The summed E-state index contributed by atoms with van der Waals surface area (Å²) in [6.45, 7) is 0. The molecule has 0 fully saturated rings. The average molecular weight is 715 g/mol. The van der Waals surface area contributed by atoms with E-state index in [-0.39, 0.29) is 11.5 Å². The number of hydrogen-bond donors (Lipinski definition) is 2. The normalized spacial score (nSPS) is 10.7. The third kappa shape index (κ3) is 8.12. The molecule has 8 aromatic carbocycles. The first-order chi connectivity index (χ1) is 27.1. The second-order valence-electron chi connectivity index (χ2n) is 13.0. The summed E-state index contributed by atoms with van der Waals surface area (Å²) in [6.07, 6.45) is 2.12. The van der Waals surface area contributed by atoms with Gasteiger partial charge in [-0.25, -0.2) is 0 Å². The Balaban J connectivity index is 1.04. The molecule has 0 atom stereocenters. The van der Waals surface area contributed by atoms with Crippen molar-refractivity contribution in [1.29, 1.82) is 0 Å². The predicted molar refractivity (Wildman–Crippen MR) is 226 cm³/mol. The Morgan fingerprint density at radius 1 is 0.345 bits per heavy atom. The number of phenols is 2. The summed E-state index contributed by atoms with van der Waals surface area (Å²) in [6, 6.07) is 70.1. The molecule has 0 radical (unpaired) electrons. The van der Waals surface area contributed by atoms with Crippen LogP contribution in [0.15, 0.2) is 212 Å². The van der Waals surface area contributed by atoms with E-state index in [1.807, 2.05) is 78.9 Å². The lowest BCUT2D eigenvalue weighted by Gasteiger charge is -2.26. The number of aromatic hydroxyl groups is 2. The molecule has 8 rings (SSSR count). The van der Waals surface area contributed by atoms with Crippen molar-refractivity contribution >= 4 is 45.8 Å². The molecule has 0 amide bonds. The molecular weight excluding hydrogens is 677 g/mol. The maximum Gasteiger partial charge on any atom is 0.127 e. The molecule has 8 aromatic rings. The smallest absolute Gasteiger partial charge is 0.127 e. The van der Waals surface area contributed by atoms with Gasteiger partial charge in [0.1, 0.15) is 23.0 Å².